The molecule has 1 unspecified atom stereocenters. The van der Waals surface area contributed by atoms with Crippen LogP contribution in [0.3, 0.4) is 0 Å². The number of nitrogens with one attached hydrogen (secondary N) is 1. The normalized spacial score (nSPS) is 13.8. The molecule has 1 aromatic heterocycles. The van der Waals surface area contributed by atoms with E-state index in [4.69, 9.17) is 0 Å². The van der Waals surface area contributed by atoms with E-state index >= 15 is 0 Å². The fraction of sp³-hybridized carbons (Fsp3) is 0.750. The van der Waals surface area contributed by atoms with Gasteiger partial charge >= 0.3 is 6.18 Å². The molecule has 18 heavy (non-hydrogen) atoms. The molecule has 0 radical (unpaired) electrons. The second kappa shape index (κ2) is 6.78. The van der Waals surface area contributed by atoms with Crippen LogP contribution in [-0.4, -0.2) is 28.5 Å². The van der Waals surface area contributed by atoms with Crippen LogP contribution in [-0.2, 0) is 6.54 Å². The lowest BCUT2D eigenvalue weighted by molar-refractivity contribution is -0.135. The minimum atomic E-state index is -4.04. The van der Waals surface area contributed by atoms with Crippen molar-refractivity contribution in [2.45, 2.75) is 51.9 Å². The lowest BCUT2D eigenvalue weighted by Crippen LogP contribution is -2.29. The Morgan fingerprint density at radius 3 is 2.72 bits per heavy atom. The minimum Gasteiger partial charge on any atom is -0.312 e. The molecule has 1 heterocycles. The van der Waals surface area contributed by atoms with Crippen LogP contribution >= 0.6 is 0 Å². The Labute approximate surface area is 105 Å². The summed E-state index contributed by atoms with van der Waals surface area (Å²) in [5, 5.41) is 7.33. The third kappa shape index (κ3) is 6.64. The third-order valence-electron chi connectivity index (χ3n) is 2.69. The molecule has 0 aliphatic heterocycles. The molecule has 1 rings (SSSR count). The summed E-state index contributed by atoms with van der Waals surface area (Å²) in [7, 11) is 0. The quantitative estimate of drug-likeness (QED) is 0.819. The number of rotatable bonds is 7. The molecule has 104 valence electrons. The molecule has 0 saturated carbocycles. The molecule has 0 spiro atoms. The summed E-state index contributed by atoms with van der Waals surface area (Å²) in [6.07, 6.45) is -0.289. The van der Waals surface area contributed by atoms with Crippen LogP contribution in [0, 0.1) is 6.92 Å². The highest BCUT2D eigenvalue weighted by Gasteiger charge is 2.26. The molecular formula is C12H20F3N3. The first kappa shape index (κ1) is 15.0. The van der Waals surface area contributed by atoms with Gasteiger partial charge in [-0.15, -0.1) is 0 Å². The van der Waals surface area contributed by atoms with Crippen LogP contribution in [0.5, 0.6) is 0 Å². The molecular weight excluding hydrogens is 243 g/mol. The van der Waals surface area contributed by atoms with Crippen LogP contribution in [0.4, 0.5) is 13.2 Å². The lowest BCUT2D eigenvalue weighted by atomic mass is 10.1. The highest BCUT2D eigenvalue weighted by Crippen LogP contribution is 2.22. The predicted molar refractivity (Wildman–Crippen MR) is 64.3 cm³/mol. The number of hydrogen-bond donors (Lipinski definition) is 1. The van der Waals surface area contributed by atoms with Crippen molar-refractivity contribution in [1.29, 1.82) is 0 Å². The maximum absolute atomic E-state index is 11.9. The van der Waals surface area contributed by atoms with Crippen molar-refractivity contribution in [3.05, 3.63) is 18.0 Å². The van der Waals surface area contributed by atoms with Gasteiger partial charge in [-0.1, -0.05) is 0 Å². The molecule has 0 fully saturated rings. The van der Waals surface area contributed by atoms with Crippen LogP contribution in [0.1, 0.15) is 31.7 Å². The van der Waals surface area contributed by atoms with Gasteiger partial charge in [-0.25, -0.2) is 0 Å². The van der Waals surface area contributed by atoms with Crippen LogP contribution < -0.4 is 5.32 Å². The monoisotopic (exact) mass is 263 g/mol. The van der Waals surface area contributed by atoms with Crippen LogP contribution in [0.15, 0.2) is 12.4 Å². The van der Waals surface area contributed by atoms with Crippen molar-refractivity contribution in [2.75, 3.05) is 6.54 Å². The summed E-state index contributed by atoms with van der Waals surface area (Å²) in [5.74, 6) is 0. The van der Waals surface area contributed by atoms with Gasteiger partial charge in [0.15, 0.2) is 0 Å². The van der Waals surface area contributed by atoms with E-state index in [9.17, 15) is 13.2 Å². The lowest BCUT2D eigenvalue weighted by Gasteiger charge is -2.14. The van der Waals surface area contributed by atoms with Crippen molar-refractivity contribution in [1.82, 2.24) is 15.1 Å². The Morgan fingerprint density at radius 1 is 1.44 bits per heavy atom. The van der Waals surface area contributed by atoms with Gasteiger partial charge in [-0.2, -0.15) is 18.3 Å². The Morgan fingerprint density at radius 2 is 2.17 bits per heavy atom. The highest BCUT2D eigenvalue weighted by atomic mass is 19.4. The summed E-state index contributed by atoms with van der Waals surface area (Å²) < 4.78 is 37.7. The van der Waals surface area contributed by atoms with Crippen molar-refractivity contribution in [3.8, 4) is 0 Å². The fourth-order valence-electron chi connectivity index (χ4n) is 1.73. The van der Waals surface area contributed by atoms with Gasteiger partial charge < -0.3 is 5.32 Å². The maximum Gasteiger partial charge on any atom is 0.389 e. The molecule has 0 bridgehead atoms. The number of hydrogen-bond acceptors (Lipinski definition) is 2. The van der Waals surface area contributed by atoms with E-state index < -0.39 is 12.6 Å². The van der Waals surface area contributed by atoms with Gasteiger partial charge in [-0.05, 0) is 32.3 Å². The number of halogens is 3. The Balaban J connectivity index is 2.08. The van der Waals surface area contributed by atoms with Gasteiger partial charge in [0.2, 0.25) is 0 Å². The van der Waals surface area contributed by atoms with Gasteiger partial charge in [-0.3, -0.25) is 4.68 Å². The zero-order valence-electron chi connectivity index (χ0n) is 10.8. The molecule has 1 aromatic rings. The second-order valence-electron chi connectivity index (χ2n) is 4.64. The third-order valence-corrected chi connectivity index (χ3v) is 2.69. The SMILES string of the molecule is Cc1cnn(CCNC(C)CCCC(F)(F)F)c1. The van der Waals surface area contributed by atoms with E-state index in [2.05, 4.69) is 10.4 Å². The summed E-state index contributed by atoms with van der Waals surface area (Å²) in [5.41, 5.74) is 1.10. The van der Waals surface area contributed by atoms with Gasteiger partial charge in [0, 0.05) is 25.2 Å². The molecule has 0 aliphatic rings. The van der Waals surface area contributed by atoms with E-state index in [-0.39, 0.29) is 12.5 Å². The molecule has 0 saturated heterocycles. The fourth-order valence-corrected chi connectivity index (χ4v) is 1.73. The molecule has 6 heteroatoms. The van der Waals surface area contributed by atoms with Gasteiger partial charge in [0.1, 0.15) is 0 Å². The number of nitrogens with zero attached hydrogens (tertiary/aromatic N) is 2. The molecule has 0 amide bonds. The molecule has 0 aliphatic carbocycles. The smallest absolute Gasteiger partial charge is 0.312 e. The highest BCUT2D eigenvalue weighted by molar-refractivity contribution is 4.99. The van der Waals surface area contributed by atoms with Gasteiger partial charge in [0.05, 0.1) is 12.7 Å². The van der Waals surface area contributed by atoms with Crippen LogP contribution in [0.2, 0.25) is 0 Å². The van der Waals surface area contributed by atoms with Crippen molar-refractivity contribution in [3.63, 3.8) is 0 Å². The standard InChI is InChI=1S/C12H20F3N3/c1-10-8-17-18(9-10)7-6-16-11(2)4-3-5-12(13,14)15/h8-9,11,16H,3-7H2,1-2H3. The summed E-state index contributed by atoms with van der Waals surface area (Å²) in [4.78, 5) is 0. The first-order valence-corrected chi connectivity index (χ1v) is 6.16. The number of aryl methyl sites for hydroxylation is 1. The molecule has 1 N–H and O–H groups in total. The van der Waals surface area contributed by atoms with Crippen LogP contribution in [0.25, 0.3) is 0 Å². The van der Waals surface area contributed by atoms with E-state index in [1.807, 2.05) is 24.7 Å². The topological polar surface area (TPSA) is 29.9 Å². The molecule has 3 nitrogen and oxygen atoms in total. The first-order valence-electron chi connectivity index (χ1n) is 6.16. The average Bonchev–Trinajstić information content (AvgIpc) is 2.62. The minimum absolute atomic E-state index is 0.101. The van der Waals surface area contributed by atoms with Gasteiger partial charge in [0.25, 0.3) is 0 Å². The summed E-state index contributed by atoms with van der Waals surface area (Å²) in [6.45, 7) is 5.33. The Kier molecular flexibility index (Phi) is 5.65. The van der Waals surface area contributed by atoms with E-state index in [0.717, 1.165) is 12.1 Å². The van der Waals surface area contributed by atoms with E-state index in [0.29, 0.717) is 13.0 Å². The largest absolute Gasteiger partial charge is 0.389 e. The Hall–Kier alpha value is -1.04. The Bertz CT molecular complexity index is 347. The zero-order chi connectivity index (χ0) is 13.6. The van der Waals surface area contributed by atoms with Crippen molar-refractivity contribution < 1.29 is 13.2 Å². The first-order chi connectivity index (χ1) is 8.37. The zero-order valence-corrected chi connectivity index (χ0v) is 10.8. The van der Waals surface area contributed by atoms with E-state index in [1.165, 1.54) is 0 Å². The molecule has 0 aromatic carbocycles. The average molecular weight is 263 g/mol. The van der Waals surface area contributed by atoms with E-state index in [1.54, 1.807) is 6.20 Å². The summed E-state index contributed by atoms with van der Waals surface area (Å²) in [6, 6.07) is 0.101. The number of aromatic nitrogens is 2. The number of alkyl halides is 3. The van der Waals surface area contributed by atoms with Crippen molar-refractivity contribution >= 4 is 0 Å². The van der Waals surface area contributed by atoms with Crippen molar-refractivity contribution in [2.24, 2.45) is 0 Å². The maximum atomic E-state index is 11.9. The molecule has 1 atom stereocenters. The second-order valence-corrected chi connectivity index (χ2v) is 4.64. The summed E-state index contributed by atoms with van der Waals surface area (Å²) >= 11 is 0. The predicted octanol–water partition coefficient (Wildman–Crippen LogP) is 2.90.